The predicted molar refractivity (Wildman–Crippen MR) is 43.7 cm³/mol. The van der Waals surface area contributed by atoms with E-state index in [0.29, 0.717) is 6.42 Å². The van der Waals surface area contributed by atoms with E-state index < -0.39 is 12.0 Å². The van der Waals surface area contributed by atoms with Crippen LogP contribution in [0.4, 0.5) is 0 Å². The van der Waals surface area contributed by atoms with Gasteiger partial charge in [0.1, 0.15) is 6.04 Å². The van der Waals surface area contributed by atoms with Gasteiger partial charge in [0.25, 0.3) is 0 Å². The van der Waals surface area contributed by atoms with Gasteiger partial charge in [0.2, 0.25) is 5.91 Å². The Labute approximate surface area is 73.9 Å². The van der Waals surface area contributed by atoms with Crippen molar-refractivity contribution in [2.75, 3.05) is 0 Å². The van der Waals surface area contributed by atoms with E-state index in [1.165, 1.54) is 4.90 Å². The third kappa shape index (κ3) is 0.857. The summed E-state index contributed by atoms with van der Waals surface area (Å²) in [4.78, 5) is 23.2. The lowest BCUT2D eigenvalue weighted by atomic mass is 10.1. The third-order valence-corrected chi connectivity index (χ3v) is 3.71. The van der Waals surface area contributed by atoms with Gasteiger partial charge in [-0.25, -0.2) is 4.79 Å². The lowest BCUT2D eigenvalue weighted by Gasteiger charge is -2.35. The summed E-state index contributed by atoms with van der Waals surface area (Å²) in [6.07, 6.45) is 0.513. The number of carboxylic acids is 1. The largest absolute Gasteiger partial charge is 0.480 e. The van der Waals surface area contributed by atoms with E-state index in [0.717, 1.165) is 0 Å². The summed E-state index contributed by atoms with van der Waals surface area (Å²) in [5, 5.41) is 8.98. The van der Waals surface area contributed by atoms with Crippen LogP contribution in [0.5, 0.6) is 0 Å². The summed E-state index contributed by atoms with van der Waals surface area (Å²) in [6, 6.07) is -0.596. The molecule has 0 aliphatic carbocycles. The van der Waals surface area contributed by atoms with E-state index in [-0.39, 0.29) is 16.5 Å². The van der Waals surface area contributed by atoms with Gasteiger partial charge < -0.3 is 10.0 Å². The Kier molecular flexibility index (Phi) is 1.57. The van der Waals surface area contributed by atoms with Crippen molar-refractivity contribution in [3.63, 3.8) is 0 Å². The quantitative estimate of drug-likeness (QED) is 0.593. The topological polar surface area (TPSA) is 57.6 Å². The molecule has 0 radical (unpaired) electrons. The minimum atomic E-state index is -0.884. The zero-order valence-electron chi connectivity index (χ0n) is 6.56. The minimum Gasteiger partial charge on any atom is -0.480 e. The van der Waals surface area contributed by atoms with Crippen molar-refractivity contribution >= 4 is 23.6 Å². The molecule has 0 unspecified atom stereocenters. The molecule has 5 heteroatoms. The summed E-state index contributed by atoms with van der Waals surface area (Å²) in [5.74, 6) is -0.908. The van der Waals surface area contributed by atoms with Gasteiger partial charge >= 0.3 is 5.97 Å². The number of rotatable bonds is 1. The molecule has 0 aromatic heterocycles. The fourth-order valence-corrected chi connectivity index (χ4v) is 3.23. The Balaban J connectivity index is 2.21. The van der Waals surface area contributed by atoms with Gasteiger partial charge in [-0.1, -0.05) is 6.92 Å². The van der Waals surface area contributed by atoms with Crippen molar-refractivity contribution in [2.24, 2.45) is 0 Å². The van der Waals surface area contributed by atoms with E-state index >= 15 is 0 Å². The minimum absolute atomic E-state index is 0.0238. The number of β-lactam (4-membered cyclic amide) rings is 1. The average Bonchev–Trinajstić information content (AvgIpc) is 2.22. The molecule has 0 aromatic rings. The fraction of sp³-hybridized carbons (Fsp3) is 0.714. The summed E-state index contributed by atoms with van der Waals surface area (Å²) in [7, 11) is 0. The van der Waals surface area contributed by atoms with E-state index in [1.54, 1.807) is 11.8 Å². The van der Waals surface area contributed by atoms with Crippen molar-refractivity contribution in [2.45, 2.75) is 30.0 Å². The molecule has 66 valence electrons. The van der Waals surface area contributed by atoms with Crippen molar-refractivity contribution in [3.8, 4) is 0 Å². The number of carboxylic acid groups (broad SMARTS) is 1. The second-order valence-electron chi connectivity index (χ2n) is 3.08. The normalized spacial score (nSPS) is 39.2. The van der Waals surface area contributed by atoms with E-state index in [1.807, 2.05) is 6.92 Å². The first-order valence-corrected chi connectivity index (χ1v) is 4.75. The molecule has 12 heavy (non-hydrogen) atoms. The number of fused-ring (bicyclic) bond motifs is 1. The number of hydrogen-bond acceptors (Lipinski definition) is 3. The first-order chi connectivity index (χ1) is 5.61. The molecule has 2 heterocycles. The first kappa shape index (κ1) is 7.91. The Hall–Kier alpha value is -0.710. The van der Waals surface area contributed by atoms with Crippen LogP contribution in [0.15, 0.2) is 0 Å². The van der Waals surface area contributed by atoms with Crippen molar-refractivity contribution in [1.29, 1.82) is 0 Å². The SMILES string of the molecule is C[C@H]1S[C@@H]2CC(=O)N2[C@H]1C(=O)O. The predicted octanol–water partition coefficient (Wildman–Crippen LogP) is 0.133. The van der Waals surface area contributed by atoms with Crippen molar-refractivity contribution in [3.05, 3.63) is 0 Å². The number of aliphatic carboxylic acids is 1. The summed E-state index contributed by atoms with van der Waals surface area (Å²) >= 11 is 1.58. The molecule has 1 amide bonds. The molecule has 0 bridgehead atoms. The molecular weight excluding hydrogens is 178 g/mol. The molecule has 2 rings (SSSR count). The molecular formula is C7H9NO3S. The molecule has 0 spiro atoms. The van der Waals surface area contributed by atoms with Crippen LogP contribution in [0, 0.1) is 0 Å². The zero-order valence-corrected chi connectivity index (χ0v) is 7.37. The van der Waals surface area contributed by atoms with E-state index in [9.17, 15) is 9.59 Å². The Bertz CT molecular complexity index is 255. The monoisotopic (exact) mass is 187 g/mol. The smallest absolute Gasteiger partial charge is 0.327 e. The maximum Gasteiger partial charge on any atom is 0.327 e. The van der Waals surface area contributed by atoms with Crippen LogP contribution in [0.2, 0.25) is 0 Å². The average molecular weight is 187 g/mol. The van der Waals surface area contributed by atoms with Crippen molar-refractivity contribution < 1.29 is 14.7 Å². The number of nitrogens with zero attached hydrogens (tertiary/aromatic N) is 1. The van der Waals surface area contributed by atoms with Gasteiger partial charge in [0.15, 0.2) is 0 Å². The molecule has 1 N–H and O–H groups in total. The van der Waals surface area contributed by atoms with Crippen LogP contribution in [0.25, 0.3) is 0 Å². The van der Waals surface area contributed by atoms with Gasteiger partial charge in [-0.15, -0.1) is 11.8 Å². The maximum absolute atomic E-state index is 11.0. The summed E-state index contributed by atoms with van der Waals surface area (Å²) in [5.41, 5.74) is 0. The standard InChI is InChI=1S/C7H9NO3S/c1-3-6(7(10)11)8-4(9)2-5(8)12-3/h3,5-6H,2H2,1H3,(H,10,11)/t3-,5-,6-/m1/s1. The number of amides is 1. The molecule has 4 nitrogen and oxygen atoms in total. The van der Waals surface area contributed by atoms with Crippen LogP contribution in [0.1, 0.15) is 13.3 Å². The fourth-order valence-electron chi connectivity index (χ4n) is 1.72. The van der Waals surface area contributed by atoms with Crippen LogP contribution in [-0.2, 0) is 9.59 Å². The highest BCUT2D eigenvalue weighted by Gasteiger charge is 2.53. The number of carbonyl (C=O) groups is 2. The molecule has 3 atom stereocenters. The zero-order chi connectivity index (χ0) is 8.88. The molecule has 0 saturated carbocycles. The highest BCUT2D eigenvalue weighted by atomic mass is 32.2. The first-order valence-electron chi connectivity index (χ1n) is 3.80. The molecule has 2 fully saturated rings. The lowest BCUT2D eigenvalue weighted by molar-refractivity contribution is -0.156. The van der Waals surface area contributed by atoms with Crippen LogP contribution >= 0.6 is 11.8 Å². The Morgan fingerprint density at radius 1 is 1.75 bits per heavy atom. The summed E-state index contributed by atoms with van der Waals surface area (Å²) in [6.45, 7) is 1.86. The van der Waals surface area contributed by atoms with Crippen molar-refractivity contribution in [1.82, 2.24) is 4.90 Å². The van der Waals surface area contributed by atoms with Gasteiger partial charge in [0.05, 0.1) is 11.8 Å². The molecule has 2 aliphatic heterocycles. The highest BCUT2D eigenvalue weighted by molar-refractivity contribution is 8.00. The summed E-state index contributed by atoms with van der Waals surface area (Å²) < 4.78 is 0. The van der Waals surface area contributed by atoms with Crippen LogP contribution in [-0.4, -0.2) is 38.5 Å². The second-order valence-corrected chi connectivity index (χ2v) is 4.64. The number of hydrogen-bond donors (Lipinski definition) is 1. The second kappa shape index (κ2) is 2.39. The maximum atomic E-state index is 11.0. The van der Waals surface area contributed by atoms with Crippen LogP contribution in [0.3, 0.4) is 0 Å². The lowest BCUT2D eigenvalue weighted by Crippen LogP contribution is -2.55. The van der Waals surface area contributed by atoms with Crippen LogP contribution < -0.4 is 0 Å². The molecule has 2 aliphatic rings. The third-order valence-electron chi connectivity index (χ3n) is 2.32. The molecule has 2 saturated heterocycles. The van der Waals surface area contributed by atoms with Gasteiger partial charge in [-0.3, -0.25) is 4.79 Å². The Morgan fingerprint density at radius 2 is 2.42 bits per heavy atom. The van der Waals surface area contributed by atoms with Gasteiger partial charge in [-0.2, -0.15) is 0 Å². The Morgan fingerprint density at radius 3 is 2.83 bits per heavy atom. The van der Waals surface area contributed by atoms with E-state index in [2.05, 4.69) is 0 Å². The molecule has 0 aromatic carbocycles. The number of carbonyl (C=O) groups excluding carboxylic acids is 1. The van der Waals surface area contributed by atoms with Gasteiger partial charge in [-0.05, 0) is 0 Å². The number of thioether (sulfide) groups is 1. The van der Waals surface area contributed by atoms with E-state index in [4.69, 9.17) is 5.11 Å². The van der Waals surface area contributed by atoms with Gasteiger partial charge in [0, 0.05) is 5.25 Å². The highest BCUT2D eigenvalue weighted by Crippen LogP contribution is 2.43.